The molecular weight excluding hydrogens is 706 g/mol. The number of ether oxygens (including phenoxy) is 1. The van der Waals surface area contributed by atoms with Gasteiger partial charge in [-0.15, -0.1) is 0 Å². The molecule has 290 valence electrons. The highest BCUT2D eigenvalue weighted by Gasteiger charge is 2.55. The Kier molecular flexibility index (Phi) is 8.00. The summed E-state index contributed by atoms with van der Waals surface area (Å²) in [5.74, 6) is 2.40. The molecule has 0 radical (unpaired) electrons. The van der Waals surface area contributed by atoms with Crippen LogP contribution in [-0.2, 0) is 4.79 Å². The second-order valence-electron chi connectivity index (χ2n) is 17.9. The van der Waals surface area contributed by atoms with Crippen LogP contribution in [0.1, 0.15) is 68.9 Å². The fourth-order valence-corrected chi connectivity index (χ4v) is 10.6. The van der Waals surface area contributed by atoms with Crippen molar-refractivity contribution in [2.24, 2.45) is 16.7 Å². The monoisotopic (exact) mass is 754 g/mol. The smallest absolute Gasteiger partial charge is 0.422 e. The molecule has 10 nitrogen and oxygen atoms in total. The molecule has 6 aliphatic rings. The van der Waals surface area contributed by atoms with Gasteiger partial charge in [0.25, 0.3) is 0 Å². The minimum atomic E-state index is -4.54. The zero-order chi connectivity index (χ0) is 37.9. The van der Waals surface area contributed by atoms with Crippen LogP contribution in [0.2, 0.25) is 0 Å². The number of anilines is 2. The van der Waals surface area contributed by atoms with E-state index in [1.807, 2.05) is 24.0 Å². The number of carbonyl (C=O) groups excluding carboxylic acids is 1. The van der Waals surface area contributed by atoms with Gasteiger partial charge in [0.2, 0.25) is 11.9 Å². The van der Waals surface area contributed by atoms with Crippen molar-refractivity contribution in [3.8, 4) is 16.9 Å². The van der Waals surface area contributed by atoms with Crippen LogP contribution in [-0.4, -0.2) is 107 Å². The van der Waals surface area contributed by atoms with Crippen molar-refractivity contribution in [1.29, 1.82) is 0 Å². The second kappa shape index (κ2) is 12.6. The molecule has 55 heavy (non-hydrogen) atoms. The maximum Gasteiger partial charge on any atom is 0.422 e. The number of fused-ring (bicyclic) bond motifs is 2. The minimum Gasteiger partial charge on any atom is -0.481 e. The number of amides is 1. The molecule has 4 aliphatic heterocycles. The van der Waals surface area contributed by atoms with Crippen LogP contribution >= 0.6 is 0 Å². The minimum absolute atomic E-state index is 0.0317. The zero-order valence-corrected chi connectivity index (χ0v) is 31.7. The van der Waals surface area contributed by atoms with E-state index in [1.54, 1.807) is 6.20 Å². The number of H-pyrrole nitrogens is 1. The van der Waals surface area contributed by atoms with Crippen molar-refractivity contribution in [2.75, 3.05) is 68.8 Å². The van der Waals surface area contributed by atoms with Crippen LogP contribution in [0.3, 0.4) is 0 Å². The Labute approximate surface area is 319 Å². The number of rotatable bonds is 8. The number of aromatic amines is 1. The Hall–Kier alpha value is -4.39. The van der Waals surface area contributed by atoms with Crippen molar-refractivity contribution in [3.05, 3.63) is 48.2 Å². The summed E-state index contributed by atoms with van der Waals surface area (Å²) in [5.41, 5.74) is 4.95. The molecule has 2 aromatic carbocycles. The Morgan fingerprint density at radius 2 is 1.76 bits per heavy atom. The molecule has 0 unspecified atom stereocenters. The molecule has 6 heterocycles. The Morgan fingerprint density at radius 1 is 1.00 bits per heavy atom. The quantitative estimate of drug-likeness (QED) is 0.189. The summed E-state index contributed by atoms with van der Waals surface area (Å²) in [6, 6.07) is 6.73. The highest BCUT2D eigenvalue weighted by Crippen LogP contribution is 2.55. The van der Waals surface area contributed by atoms with E-state index in [1.165, 1.54) is 38.4 Å². The standard InChI is InChI=1S/C42H49F3N8O2/c1-4-33(54)52-20-40(21-52)10-13-50(14-11-40)38-30-15-29(27-6-7-27)35(34-26(3)5-8-32-31(34)18-46-49-32)37(55-24-42(43,44)45)36(30)47-39(48-38)53-22-41(23-53)16-28(17-41)51-12-9-25(2)19-51/h4-5,8,15,18,25,27-28H,1,6-7,9-14,16-17,19-24H2,2-3H3,(H,46,49)/t25-/m0/s1. The number of aromatic nitrogens is 4. The first-order chi connectivity index (χ1) is 26.4. The van der Waals surface area contributed by atoms with E-state index in [-0.39, 0.29) is 28.4 Å². The summed E-state index contributed by atoms with van der Waals surface area (Å²) in [4.78, 5) is 31.8. The SMILES string of the molecule is C=CC(=O)N1CC2(CCN(c3nc(N4CC5(CC(N6CC[C@H](C)C6)C5)C4)nc4c(OCC(F)(F)F)c(-c5c(C)ccc6[nH]ncc56)c(C5CC5)cc34)CC2)C1. The molecule has 1 atom stereocenters. The number of alkyl halides is 3. The van der Waals surface area contributed by atoms with Gasteiger partial charge in [-0.05, 0) is 105 Å². The number of benzene rings is 2. The lowest BCUT2D eigenvalue weighted by Gasteiger charge is -2.60. The van der Waals surface area contributed by atoms with Gasteiger partial charge in [-0.1, -0.05) is 19.6 Å². The van der Waals surface area contributed by atoms with Gasteiger partial charge < -0.3 is 24.3 Å². The van der Waals surface area contributed by atoms with Gasteiger partial charge in [-0.2, -0.15) is 23.3 Å². The average molecular weight is 755 g/mol. The second-order valence-corrected chi connectivity index (χ2v) is 17.9. The molecule has 4 aromatic rings. The maximum absolute atomic E-state index is 14.2. The van der Waals surface area contributed by atoms with Gasteiger partial charge in [0.1, 0.15) is 11.3 Å². The van der Waals surface area contributed by atoms with E-state index in [0.717, 1.165) is 110 Å². The van der Waals surface area contributed by atoms with Gasteiger partial charge in [-0.3, -0.25) is 9.89 Å². The fraction of sp³-hybridized carbons (Fsp3) is 0.571. The first kappa shape index (κ1) is 35.1. The zero-order valence-electron chi connectivity index (χ0n) is 31.7. The van der Waals surface area contributed by atoms with Crippen molar-refractivity contribution < 1.29 is 22.7 Å². The Morgan fingerprint density at radius 3 is 2.44 bits per heavy atom. The molecule has 1 N–H and O–H groups in total. The van der Waals surface area contributed by atoms with Gasteiger partial charge in [0.15, 0.2) is 12.4 Å². The summed E-state index contributed by atoms with van der Waals surface area (Å²) >= 11 is 0. The summed E-state index contributed by atoms with van der Waals surface area (Å²) in [6.45, 7) is 13.5. The Balaban J connectivity index is 1.08. The molecule has 2 saturated carbocycles. The summed E-state index contributed by atoms with van der Waals surface area (Å²) in [6.07, 6.45) is 5.88. The third-order valence-electron chi connectivity index (χ3n) is 13.7. The summed E-state index contributed by atoms with van der Waals surface area (Å²) in [7, 11) is 0. The molecule has 13 heteroatoms. The van der Waals surface area contributed by atoms with E-state index >= 15 is 0 Å². The van der Waals surface area contributed by atoms with Gasteiger partial charge in [0.05, 0.1) is 11.7 Å². The molecule has 10 rings (SSSR count). The van der Waals surface area contributed by atoms with Crippen molar-refractivity contribution in [1.82, 2.24) is 30.0 Å². The van der Waals surface area contributed by atoms with Crippen LogP contribution in [0.5, 0.6) is 5.75 Å². The number of piperidine rings is 1. The lowest BCUT2D eigenvalue weighted by molar-refractivity contribution is -0.153. The third kappa shape index (κ3) is 6.03. The molecule has 0 bridgehead atoms. The van der Waals surface area contributed by atoms with Crippen molar-refractivity contribution >= 4 is 39.5 Å². The van der Waals surface area contributed by atoms with Crippen molar-refractivity contribution in [2.45, 2.75) is 76.9 Å². The van der Waals surface area contributed by atoms with Crippen LogP contribution in [0.15, 0.2) is 37.1 Å². The number of hydrogen-bond acceptors (Lipinski definition) is 8. The lowest BCUT2D eigenvalue weighted by atomic mass is 9.60. The molecule has 4 saturated heterocycles. The van der Waals surface area contributed by atoms with E-state index in [4.69, 9.17) is 14.7 Å². The number of nitrogens with one attached hydrogen (secondary N) is 1. The highest BCUT2D eigenvalue weighted by atomic mass is 19.4. The van der Waals surface area contributed by atoms with Crippen LogP contribution in [0.4, 0.5) is 24.9 Å². The van der Waals surface area contributed by atoms with Gasteiger partial charge in [0, 0.05) is 79.0 Å². The van der Waals surface area contributed by atoms with Crippen LogP contribution in [0, 0.1) is 23.7 Å². The first-order valence-corrected chi connectivity index (χ1v) is 20.1. The molecule has 6 fully saturated rings. The molecule has 2 aliphatic carbocycles. The van der Waals surface area contributed by atoms with E-state index < -0.39 is 12.8 Å². The topological polar surface area (TPSA) is 93.7 Å². The molecule has 1 amide bonds. The maximum atomic E-state index is 14.2. The molecular formula is C42H49F3N8O2. The van der Waals surface area contributed by atoms with E-state index in [0.29, 0.717) is 23.1 Å². The van der Waals surface area contributed by atoms with Gasteiger partial charge in [-0.25, -0.2) is 4.98 Å². The van der Waals surface area contributed by atoms with Gasteiger partial charge >= 0.3 is 6.18 Å². The molecule has 2 spiro atoms. The van der Waals surface area contributed by atoms with Crippen LogP contribution in [0.25, 0.3) is 32.9 Å². The predicted molar refractivity (Wildman–Crippen MR) is 207 cm³/mol. The summed E-state index contributed by atoms with van der Waals surface area (Å²) in [5, 5.41) is 8.95. The Bertz CT molecular complexity index is 2180. The number of halogens is 3. The third-order valence-corrected chi connectivity index (χ3v) is 13.7. The molecule has 2 aromatic heterocycles. The van der Waals surface area contributed by atoms with E-state index in [2.05, 4.69) is 44.5 Å². The largest absolute Gasteiger partial charge is 0.481 e. The fourth-order valence-electron chi connectivity index (χ4n) is 10.6. The number of hydrogen-bond donors (Lipinski definition) is 1. The summed E-state index contributed by atoms with van der Waals surface area (Å²) < 4.78 is 48.5. The normalized spacial score (nSPS) is 23.7. The highest BCUT2D eigenvalue weighted by molar-refractivity contribution is 6.06. The number of aryl methyl sites for hydroxylation is 1. The van der Waals surface area contributed by atoms with Crippen molar-refractivity contribution in [3.63, 3.8) is 0 Å². The predicted octanol–water partition coefficient (Wildman–Crippen LogP) is 7.23. The van der Waals surface area contributed by atoms with E-state index in [9.17, 15) is 18.0 Å². The van der Waals surface area contributed by atoms with Crippen LogP contribution < -0.4 is 14.5 Å². The number of likely N-dealkylation sites (tertiary alicyclic amines) is 2. The number of nitrogens with zero attached hydrogens (tertiary/aromatic N) is 7. The number of carbonyl (C=O) groups is 1. The lowest BCUT2D eigenvalue weighted by Crippen LogP contribution is -2.66. The first-order valence-electron chi connectivity index (χ1n) is 20.1. The average Bonchev–Trinajstić information content (AvgIpc) is 3.70.